The smallest absolute Gasteiger partial charge is 0.321 e. The number of amides is 3. The molecule has 2 rings (SSSR count). The van der Waals surface area contributed by atoms with Gasteiger partial charge in [-0.25, -0.2) is 4.79 Å². The number of nitrogens with one attached hydrogen (secondary N) is 2. The van der Waals surface area contributed by atoms with Crippen LogP contribution in [0.2, 0.25) is 0 Å². The van der Waals surface area contributed by atoms with Crippen molar-refractivity contribution in [3.05, 3.63) is 24.2 Å². The van der Waals surface area contributed by atoms with E-state index in [-0.39, 0.29) is 30.9 Å². The van der Waals surface area contributed by atoms with Crippen LogP contribution in [-0.2, 0) is 20.9 Å². The van der Waals surface area contributed by atoms with E-state index < -0.39 is 6.03 Å². The summed E-state index contributed by atoms with van der Waals surface area (Å²) in [4.78, 5) is 37.1. The first-order valence-corrected chi connectivity index (χ1v) is 8.07. The fraction of sp³-hybridized carbons (Fsp3) is 0.562. The van der Waals surface area contributed by atoms with Crippen molar-refractivity contribution in [3.63, 3.8) is 0 Å². The number of piperidine rings is 1. The van der Waals surface area contributed by atoms with Crippen molar-refractivity contribution in [1.82, 2.24) is 15.5 Å². The molecule has 3 amide bonds. The number of esters is 1. The highest BCUT2D eigenvalue weighted by Gasteiger charge is 2.26. The second kappa shape index (κ2) is 9.07. The normalized spacial score (nSPS) is 15.7. The second-order valence-electron chi connectivity index (χ2n) is 5.61. The molecule has 8 heteroatoms. The predicted molar refractivity (Wildman–Crippen MR) is 84.9 cm³/mol. The van der Waals surface area contributed by atoms with Gasteiger partial charge in [-0.1, -0.05) is 0 Å². The van der Waals surface area contributed by atoms with E-state index in [1.807, 2.05) is 4.90 Å². The molecule has 0 aromatic carbocycles. The average Bonchev–Trinajstić information content (AvgIpc) is 3.07. The number of ether oxygens (including phenoxy) is 1. The average molecular weight is 337 g/mol. The zero-order valence-corrected chi connectivity index (χ0v) is 13.7. The lowest BCUT2D eigenvalue weighted by molar-refractivity contribution is -0.149. The summed E-state index contributed by atoms with van der Waals surface area (Å²) in [5, 5.41) is 4.82. The Balaban J connectivity index is 1.64. The molecule has 1 saturated heterocycles. The summed E-state index contributed by atoms with van der Waals surface area (Å²) in [6.07, 6.45) is 2.84. The molecular weight excluding hydrogens is 314 g/mol. The number of urea groups is 1. The highest BCUT2D eigenvalue weighted by Crippen LogP contribution is 2.18. The van der Waals surface area contributed by atoms with Gasteiger partial charge in [-0.2, -0.15) is 0 Å². The third kappa shape index (κ3) is 5.69. The van der Waals surface area contributed by atoms with Crippen molar-refractivity contribution in [1.29, 1.82) is 0 Å². The third-order valence-electron chi connectivity index (χ3n) is 3.83. The number of hydrogen-bond acceptors (Lipinski definition) is 6. The van der Waals surface area contributed by atoms with Gasteiger partial charge >= 0.3 is 12.0 Å². The van der Waals surface area contributed by atoms with Crippen molar-refractivity contribution in [2.75, 3.05) is 26.2 Å². The van der Waals surface area contributed by atoms with Crippen molar-refractivity contribution in [2.45, 2.75) is 26.3 Å². The Hall–Kier alpha value is -2.35. The quantitative estimate of drug-likeness (QED) is 0.748. The maximum atomic E-state index is 11.9. The van der Waals surface area contributed by atoms with Crippen LogP contribution in [0.15, 0.2) is 22.8 Å². The molecule has 0 unspecified atom stereocenters. The molecule has 1 aromatic heterocycles. The Labute approximate surface area is 140 Å². The first-order valence-electron chi connectivity index (χ1n) is 8.07. The minimum atomic E-state index is -0.558. The first-order chi connectivity index (χ1) is 11.6. The van der Waals surface area contributed by atoms with Gasteiger partial charge in [0.25, 0.3) is 0 Å². The topological polar surface area (TPSA) is 101 Å². The Morgan fingerprint density at radius 1 is 1.33 bits per heavy atom. The Bertz CT molecular complexity index is 550. The molecule has 1 aliphatic heterocycles. The molecule has 1 fully saturated rings. The van der Waals surface area contributed by atoms with Crippen LogP contribution in [0.1, 0.15) is 25.5 Å². The Kier molecular flexibility index (Phi) is 6.80. The van der Waals surface area contributed by atoms with E-state index in [0.29, 0.717) is 38.3 Å². The Morgan fingerprint density at radius 2 is 2.08 bits per heavy atom. The summed E-state index contributed by atoms with van der Waals surface area (Å²) in [6, 6.07) is 2.90. The van der Waals surface area contributed by atoms with E-state index in [4.69, 9.17) is 9.15 Å². The minimum Gasteiger partial charge on any atom is -0.467 e. The molecule has 0 spiro atoms. The van der Waals surface area contributed by atoms with Crippen molar-refractivity contribution in [3.8, 4) is 0 Å². The predicted octanol–water partition coefficient (Wildman–Crippen LogP) is 0.881. The van der Waals surface area contributed by atoms with E-state index in [1.165, 1.54) is 6.26 Å². The number of carbonyl (C=O) groups is 3. The number of furan rings is 1. The van der Waals surface area contributed by atoms with E-state index in [0.717, 1.165) is 0 Å². The molecule has 2 heterocycles. The summed E-state index contributed by atoms with van der Waals surface area (Å²) in [6.45, 7) is 3.78. The number of carbonyl (C=O) groups excluding carboxylic acids is 3. The minimum absolute atomic E-state index is 0.0964. The van der Waals surface area contributed by atoms with Crippen molar-refractivity contribution < 1.29 is 23.5 Å². The van der Waals surface area contributed by atoms with Crippen molar-refractivity contribution in [2.24, 2.45) is 5.92 Å². The molecule has 0 radical (unpaired) electrons. The van der Waals surface area contributed by atoms with Gasteiger partial charge in [0, 0.05) is 0 Å². The number of hydrogen-bond donors (Lipinski definition) is 2. The van der Waals surface area contributed by atoms with Crippen LogP contribution in [0.5, 0.6) is 0 Å². The Morgan fingerprint density at radius 3 is 2.71 bits per heavy atom. The maximum absolute atomic E-state index is 11.9. The van der Waals surface area contributed by atoms with E-state index in [9.17, 15) is 14.4 Å². The second-order valence-corrected chi connectivity index (χ2v) is 5.61. The maximum Gasteiger partial charge on any atom is 0.321 e. The van der Waals surface area contributed by atoms with Crippen LogP contribution >= 0.6 is 0 Å². The molecule has 0 atom stereocenters. The molecule has 132 valence electrons. The van der Waals surface area contributed by atoms with E-state index >= 15 is 0 Å². The fourth-order valence-corrected chi connectivity index (χ4v) is 2.58. The highest BCUT2D eigenvalue weighted by atomic mass is 16.5. The van der Waals surface area contributed by atoms with Crippen LogP contribution < -0.4 is 10.6 Å². The molecule has 24 heavy (non-hydrogen) atoms. The van der Waals surface area contributed by atoms with Gasteiger partial charge in [0.05, 0.1) is 31.9 Å². The fourth-order valence-electron chi connectivity index (χ4n) is 2.58. The molecule has 8 nitrogen and oxygen atoms in total. The molecule has 0 bridgehead atoms. The summed E-state index contributed by atoms with van der Waals surface area (Å²) >= 11 is 0. The van der Waals surface area contributed by atoms with Crippen LogP contribution in [0.3, 0.4) is 0 Å². The number of likely N-dealkylation sites (tertiary alicyclic amines) is 1. The molecule has 1 aromatic rings. The molecule has 1 aliphatic rings. The molecular formula is C16H23N3O5. The first kappa shape index (κ1) is 18.0. The SMILES string of the molecule is CCOC(=O)C1CCN(CC(=O)NC(=O)NCc2ccco2)CC1. The zero-order valence-electron chi connectivity index (χ0n) is 13.7. The monoisotopic (exact) mass is 337 g/mol. The van der Waals surface area contributed by atoms with Gasteiger partial charge in [0.2, 0.25) is 5.91 Å². The van der Waals surface area contributed by atoms with Crippen LogP contribution in [0.25, 0.3) is 0 Å². The van der Waals surface area contributed by atoms with Gasteiger partial charge < -0.3 is 14.5 Å². The van der Waals surface area contributed by atoms with Gasteiger partial charge in [0.1, 0.15) is 5.76 Å². The van der Waals surface area contributed by atoms with Gasteiger partial charge in [-0.05, 0) is 45.0 Å². The molecule has 2 N–H and O–H groups in total. The zero-order chi connectivity index (χ0) is 17.4. The van der Waals surface area contributed by atoms with Crippen LogP contribution in [0.4, 0.5) is 4.79 Å². The number of nitrogens with zero attached hydrogens (tertiary/aromatic N) is 1. The van der Waals surface area contributed by atoms with Gasteiger partial charge in [-0.15, -0.1) is 0 Å². The molecule has 0 aliphatic carbocycles. The summed E-state index contributed by atoms with van der Waals surface area (Å²) in [5.41, 5.74) is 0. The number of imide groups is 1. The van der Waals surface area contributed by atoms with Gasteiger partial charge in [0.15, 0.2) is 0 Å². The van der Waals surface area contributed by atoms with E-state index in [2.05, 4.69) is 10.6 Å². The molecule has 0 saturated carbocycles. The van der Waals surface area contributed by atoms with Crippen LogP contribution in [-0.4, -0.2) is 49.0 Å². The standard InChI is InChI=1S/C16H23N3O5/c1-2-23-15(21)12-5-7-19(8-6-12)11-14(20)18-16(22)17-10-13-4-3-9-24-13/h3-4,9,12H,2,5-8,10-11H2,1H3,(H2,17,18,20,22). The highest BCUT2D eigenvalue weighted by molar-refractivity contribution is 5.95. The lowest BCUT2D eigenvalue weighted by Crippen LogP contribution is -2.46. The lowest BCUT2D eigenvalue weighted by Gasteiger charge is -2.30. The van der Waals surface area contributed by atoms with Gasteiger partial charge in [-0.3, -0.25) is 19.8 Å². The summed E-state index contributed by atoms with van der Waals surface area (Å²) in [7, 11) is 0. The van der Waals surface area contributed by atoms with Crippen molar-refractivity contribution >= 4 is 17.9 Å². The largest absolute Gasteiger partial charge is 0.467 e. The summed E-state index contributed by atoms with van der Waals surface area (Å²) < 4.78 is 10.1. The van der Waals surface area contributed by atoms with E-state index in [1.54, 1.807) is 19.1 Å². The lowest BCUT2D eigenvalue weighted by atomic mass is 9.97. The van der Waals surface area contributed by atoms with Crippen LogP contribution in [0, 0.1) is 5.92 Å². The number of rotatable bonds is 6. The third-order valence-corrected chi connectivity index (χ3v) is 3.83. The summed E-state index contributed by atoms with van der Waals surface area (Å²) in [5.74, 6) is -0.0278.